The number of hydrazine groups is 1. The summed E-state index contributed by atoms with van der Waals surface area (Å²) in [5.74, 6) is 0. The molecule has 0 amide bonds. The van der Waals surface area contributed by atoms with Crippen molar-refractivity contribution in [3.8, 4) is 0 Å². The Morgan fingerprint density at radius 1 is 1.55 bits per heavy atom. The van der Waals surface area contributed by atoms with E-state index in [0.29, 0.717) is 6.54 Å². The molecule has 66 valence electrons. The Kier molecular flexibility index (Phi) is 2.84. The minimum absolute atomic E-state index is 0.568. The second kappa shape index (κ2) is 3.49. The van der Waals surface area contributed by atoms with Crippen LogP contribution in [0.15, 0.2) is 0 Å². The first-order valence-corrected chi connectivity index (χ1v) is 4.13. The molecule has 4 heteroatoms. The van der Waals surface area contributed by atoms with Crippen LogP contribution in [-0.4, -0.2) is 27.8 Å². The number of hydroxylamine groups is 1. The molecule has 1 saturated carbocycles. The van der Waals surface area contributed by atoms with Gasteiger partial charge in [0.25, 0.3) is 0 Å². The van der Waals surface area contributed by atoms with Crippen molar-refractivity contribution in [2.45, 2.75) is 38.3 Å². The highest BCUT2D eigenvalue weighted by molar-refractivity contribution is 4.88. The van der Waals surface area contributed by atoms with E-state index in [-0.39, 0.29) is 0 Å². The van der Waals surface area contributed by atoms with Crippen LogP contribution < -0.4 is 5.43 Å². The number of nitrogens with one attached hydrogen (secondary N) is 1. The zero-order valence-corrected chi connectivity index (χ0v) is 6.88. The van der Waals surface area contributed by atoms with Crippen molar-refractivity contribution >= 4 is 0 Å². The molecule has 1 aliphatic carbocycles. The molecule has 0 heterocycles. The number of hydrogen-bond donors (Lipinski definition) is 3. The highest BCUT2D eigenvalue weighted by Crippen LogP contribution is 2.31. The number of hydrogen-bond acceptors (Lipinski definition) is 4. The van der Waals surface area contributed by atoms with Gasteiger partial charge >= 0.3 is 0 Å². The van der Waals surface area contributed by atoms with Crippen LogP contribution in [-0.2, 0) is 0 Å². The highest BCUT2D eigenvalue weighted by atomic mass is 16.5. The van der Waals surface area contributed by atoms with E-state index in [0.717, 1.165) is 30.9 Å². The maximum absolute atomic E-state index is 9.29. The van der Waals surface area contributed by atoms with E-state index in [1.165, 1.54) is 0 Å². The zero-order valence-electron chi connectivity index (χ0n) is 6.88. The highest BCUT2D eigenvalue weighted by Gasteiger charge is 2.41. The Labute approximate surface area is 66.7 Å². The van der Waals surface area contributed by atoms with Gasteiger partial charge in [0.15, 0.2) is 0 Å². The number of aliphatic hydroxyl groups is 1. The van der Waals surface area contributed by atoms with Gasteiger partial charge in [-0.1, -0.05) is 13.3 Å². The molecule has 0 unspecified atom stereocenters. The molecule has 4 nitrogen and oxygen atoms in total. The summed E-state index contributed by atoms with van der Waals surface area (Å²) < 4.78 is 0. The standard InChI is InChI=1S/C7H16N2O2/c1-2-3-6-9(11)8-7(10)4-5-7/h8,10-11H,2-6H2,1H3. The lowest BCUT2D eigenvalue weighted by atomic mass is 10.3. The zero-order chi connectivity index (χ0) is 8.32. The molecule has 0 aromatic carbocycles. The third kappa shape index (κ3) is 3.16. The van der Waals surface area contributed by atoms with Crippen LogP contribution >= 0.6 is 0 Å². The molecule has 0 bridgehead atoms. The van der Waals surface area contributed by atoms with Crippen molar-refractivity contribution in [1.82, 2.24) is 10.6 Å². The molecule has 0 aliphatic heterocycles. The van der Waals surface area contributed by atoms with Crippen molar-refractivity contribution in [1.29, 1.82) is 0 Å². The van der Waals surface area contributed by atoms with E-state index >= 15 is 0 Å². The van der Waals surface area contributed by atoms with Crippen LogP contribution in [0.1, 0.15) is 32.6 Å². The topological polar surface area (TPSA) is 55.7 Å². The summed E-state index contributed by atoms with van der Waals surface area (Å²) in [6.45, 7) is 2.62. The molecule has 0 aromatic rings. The van der Waals surface area contributed by atoms with Crippen molar-refractivity contribution in [3.05, 3.63) is 0 Å². The van der Waals surface area contributed by atoms with E-state index in [1.54, 1.807) is 0 Å². The number of rotatable bonds is 5. The second-order valence-electron chi connectivity index (χ2n) is 3.12. The first-order chi connectivity index (χ1) is 5.16. The third-order valence-electron chi connectivity index (χ3n) is 1.78. The summed E-state index contributed by atoms with van der Waals surface area (Å²) >= 11 is 0. The van der Waals surface area contributed by atoms with E-state index in [4.69, 9.17) is 5.21 Å². The van der Waals surface area contributed by atoms with Crippen LogP contribution in [0.4, 0.5) is 0 Å². The predicted octanol–water partition coefficient (Wildman–Crippen LogP) is 0.465. The van der Waals surface area contributed by atoms with Gasteiger partial charge in [-0.2, -0.15) is 0 Å². The van der Waals surface area contributed by atoms with Gasteiger partial charge in [0, 0.05) is 6.54 Å². The van der Waals surface area contributed by atoms with Gasteiger partial charge in [0.05, 0.1) is 0 Å². The molecule has 0 aromatic heterocycles. The van der Waals surface area contributed by atoms with Crippen molar-refractivity contribution in [3.63, 3.8) is 0 Å². The minimum Gasteiger partial charge on any atom is -0.375 e. The van der Waals surface area contributed by atoms with E-state index in [1.807, 2.05) is 0 Å². The lowest BCUT2D eigenvalue weighted by molar-refractivity contribution is -0.177. The van der Waals surface area contributed by atoms with Gasteiger partial charge in [-0.3, -0.25) is 5.21 Å². The van der Waals surface area contributed by atoms with Crippen LogP contribution in [0.2, 0.25) is 0 Å². The fraction of sp³-hybridized carbons (Fsp3) is 1.00. The largest absolute Gasteiger partial charge is 0.375 e. The van der Waals surface area contributed by atoms with E-state index in [2.05, 4.69) is 12.3 Å². The summed E-state index contributed by atoms with van der Waals surface area (Å²) in [7, 11) is 0. The lowest BCUT2D eigenvalue weighted by Crippen LogP contribution is -2.44. The maximum atomic E-state index is 9.29. The average Bonchev–Trinajstić information content (AvgIpc) is 2.63. The molecular formula is C7H16N2O2. The molecule has 3 N–H and O–H groups in total. The Bertz CT molecular complexity index is 126. The normalized spacial score (nSPS) is 20.7. The fourth-order valence-electron chi connectivity index (χ4n) is 0.834. The molecular weight excluding hydrogens is 144 g/mol. The predicted molar refractivity (Wildman–Crippen MR) is 40.7 cm³/mol. The molecule has 0 spiro atoms. The minimum atomic E-state index is -0.803. The fourth-order valence-corrected chi connectivity index (χ4v) is 0.834. The smallest absolute Gasteiger partial charge is 0.130 e. The summed E-state index contributed by atoms with van der Waals surface area (Å²) in [6, 6.07) is 0. The Hall–Kier alpha value is -0.160. The molecule has 11 heavy (non-hydrogen) atoms. The lowest BCUT2D eigenvalue weighted by Gasteiger charge is -2.19. The van der Waals surface area contributed by atoms with E-state index < -0.39 is 5.72 Å². The second-order valence-corrected chi connectivity index (χ2v) is 3.12. The van der Waals surface area contributed by atoms with Crippen LogP contribution in [0.25, 0.3) is 0 Å². The van der Waals surface area contributed by atoms with Crippen molar-refractivity contribution < 1.29 is 10.3 Å². The summed E-state index contributed by atoms with van der Waals surface area (Å²) in [5.41, 5.74) is 1.81. The molecule has 1 rings (SSSR count). The Morgan fingerprint density at radius 3 is 2.64 bits per heavy atom. The summed E-state index contributed by atoms with van der Waals surface area (Å²) in [5, 5.41) is 19.4. The van der Waals surface area contributed by atoms with Gasteiger partial charge in [0.2, 0.25) is 0 Å². The number of nitrogens with zero attached hydrogens (tertiary/aromatic N) is 1. The van der Waals surface area contributed by atoms with Gasteiger partial charge < -0.3 is 5.11 Å². The number of unbranched alkanes of at least 4 members (excludes halogenated alkanes) is 1. The molecule has 0 saturated heterocycles. The van der Waals surface area contributed by atoms with Crippen LogP contribution in [0, 0.1) is 0 Å². The summed E-state index contributed by atoms with van der Waals surface area (Å²) in [6.07, 6.45) is 3.43. The van der Waals surface area contributed by atoms with Gasteiger partial charge in [-0.05, 0) is 19.3 Å². The first-order valence-electron chi connectivity index (χ1n) is 4.13. The maximum Gasteiger partial charge on any atom is 0.130 e. The summed E-state index contributed by atoms with van der Waals surface area (Å²) in [4.78, 5) is 0. The van der Waals surface area contributed by atoms with Gasteiger partial charge in [-0.25, -0.2) is 5.43 Å². The quantitative estimate of drug-likeness (QED) is 0.404. The Morgan fingerprint density at radius 2 is 2.18 bits per heavy atom. The monoisotopic (exact) mass is 160 g/mol. The Balaban J connectivity index is 2.05. The molecule has 0 radical (unpaired) electrons. The van der Waals surface area contributed by atoms with Crippen LogP contribution in [0.3, 0.4) is 0 Å². The average molecular weight is 160 g/mol. The van der Waals surface area contributed by atoms with Crippen molar-refractivity contribution in [2.24, 2.45) is 0 Å². The molecule has 0 atom stereocenters. The van der Waals surface area contributed by atoms with E-state index in [9.17, 15) is 5.11 Å². The van der Waals surface area contributed by atoms with Gasteiger partial charge in [-0.15, -0.1) is 5.17 Å². The van der Waals surface area contributed by atoms with Crippen molar-refractivity contribution in [2.75, 3.05) is 6.54 Å². The molecule has 1 fully saturated rings. The third-order valence-corrected chi connectivity index (χ3v) is 1.78. The molecule has 1 aliphatic rings. The first kappa shape index (κ1) is 8.93. The SMILES string of the molecule is CCCCN(O)NC1(O)CC1. The van der Waals surface area contributed by atoms with Gasteiger partial charge in [0.1, 0.15) is 5.72 Å². The van der Waals surface area contributed by atoms with Crippen LogP contribution in [0.5, 0.6) is 0 Å².